The van der Waals surface area contributed by atoms with Gasteiger partial charge in [-0.15, -0.1) is 0 Å². The minimum Gasteiger partial charge on any atom is -0.332 e. The first-order chi connectivity index (χ1) is 25.7. The number of allylic oxidation sites excluding steroid dienone is 4. The number of hydrogen-bond acceptors (Lipinski definition) is 1. The van der Waals surface area contributed by atoms with Gasteiger partial charge in [0, 0.05) is 49.1 Å². The zero-order chi connectivity index (χ0) is 34.3. The molecule has 10 aromatic rings. The summed E-state index contributed by atoms with van der Waals surface area (Å²) in [6.45, 7) is 2.32. The first-order valence-corrected chi connectivity index (χ1v) is 18.1. The third-order valence-electron chi connectivity index (χ3n) is 11.1. The van der Waals surface area contributed by atoms with Gasteiger partial charge in [0.2, 0.25) is 0 Å². The van der Waals surface area contributed by atoms with E-state index in [4.69, 9.17) is 4.98 Å². The van der Waals surface area contributed by atoms with Gasteiger partial charge in [-0.2, -0.15) is 0 Å². The summed E-state index contributed by atoms with van der Waals surface area (Å²) in [6, 6.07) is 55.0. The lowest BCUT2D eigenvalue weighted by atomic mass is 9.96. The van der Waals surface area contributed by atoms with Crippen LogP contribution in [0.1, 0.15) is 13.0 Å². The van der Waals surface area contributed by atoms with Crippen LogP contribution >= 0.6 is 0 Å². The molecular weight excluding hydrogens is 633 g/mol. The van der Waals surface area contributed by atoms with Crippen molar-refractivity contribution >= 4 is 65.4 Å². The fraction of sp³-hybridized carbons (Fsp3) is 0.0625. The molecular formula is C48H34N4. The zero-order valence-electron chi connectivity index (χ0n) is 28.7. The lowest BCUT2D eigenvalue weighted by Gasteiger charge is -2.25. The van der Waals surface area contributed by atoms with Gasteiger partial charge in [-0.05, 0) is 60.5 Å². The predicted octanol–water partition coefficient (Wildman–Crippen LogP) is 12.4. The quantitative estimate of drug-likeness (QED) is 0.184. The summed E-state index contributed by atoms with van der Waals surface area (Å²) in [5.41, 5.74) is 10.4. The summed E-state index contributed by atoms with van der Waals surface area (Å²) in [5.74, 6) is 1.27. The number of pyridine rings is 1. The highest BCUT2D eigenvalue weighted by atomic mass is 15.1. The van der Waals surface area contributed by atoms with Crippen LogP contribution in [0.2, 0.25) is 0 Å². The van der Waals surface area contributed by atoms with Crippen LogP contribution in [0.4, 0.5) is 0 Å². The predicted molar refractivity (Wildman–Crippen MR) is 218 cm³/mol. The summed E-state index contributed by atoms with van der Waals surface area (Å²) < 4.78 is 7.30. The van der Waals surface area contributed by atoms with E-state index in [0.717, 1.165) is 33.8 Å². The Morgan fingerprint density at radius 3 is 1.83 bits per heavy atom. The Morgan fingerprint density at radius 2 is 1.10 bits per heavy atom. The molecule has 4 heteroatoms. The summed E-state index contributed by atoms with van der Waals surface area (Å²) >= 11 is 0. The van der Waals surface area contributed by atoms with Gasteiger partial charge in [0.1, 0.15) is 5.82 Å². The van der Waals surface area contributed by atoms with Gasteiger partial charge in [-0.25, -0.2) is 4.98 Å². The second-order valence-electron chi connectivity index (χ2n) is 14.0. The van der Waals surface area contributed by atoms with Gasteiger partial charge in [0.25, 0.3) is 0 Å². The summed E-state index contributed by atoms with van der Waals surface area (Å²) in [6.07, 6.45) is 9.04. The van der Waals surface area contributed by atoms with E-state index in [2.05, 4.69) is 197 Å². The monoisotopic (exact) mass is 666 g/mol. The van der Waals surface area contributed by atoms with Crippen molar-refractivity contribution in [3.05, 3.63) is 176 Å². The Labute approximate surface area is 300 Å². The van der Waals surface area contributed by atoms with Crippen LogP contribution in [0.3, 0.4) is 0 Å². The van der Waals surface area contributed by atoms with E-state index in [-0.39, 0.29) is 6.04 Å². The summed E-state index contributed by atoms with van der Waals surface area (Å²) in [4.78, 5) is 5.41. The van der Waals surface area contributed by atoms with Crippen LogP contribution in [0.25, 0.3) is 88.2 Å². The largest absolute Gasteiger partial charge is 0.332 e. The molecule has 2 unspecified atom stereocenters. The first-order valence-electron chi connectivity index (χ1n) is 18.1. The number of rotatable bonds is 4. The molecule has 4 nitrogen and oxygen atoms in total. The number of aromatic nitrogens is 4. The highest BCUT2D eigenvalue weighted by Gasteiger charge is 2.25. The number of para-hydroxylation sites is 4. The molecule has 6 aromatic carbocycles. The lowest BCUT2D eigenvalue weighted by molar-refractivity contribution is 0.511. The Kier molecular flexibility index (Phi) is 6.26. The maximum Gasteiger partial charge on any atom is 0.138 e. The number of fused-ring (bicyclic) bond motifs is 10. The SMILES string of the molecule is CC1C=CC=CC1n1c2ccccc2c2ccc3c(c4ccccc4n3-c3cccc(-c4cccc(-n5c6ccccc6c6ccccc65)c4)n3)c21. The first kappa shape index (κ1) is 29.1. The molecule has 0 saturated carbocycles. The summed E-state index contributed by atoms with van der Waals surface area (Å²) in [7, 11) is 0. The van der Waals surface area contributed by atoms with Gasteiger partial charge in [-0.3, -0.25) is 4.57 Å². The molecule has 0 aliphatic heterocycles. The standard InChI is InChI=1S/C48H34N4/c1-31-14-2-7-22-40(31)52-43-25-10-5-19-36(43)37-28-29-45-47(48(37)52)38-20-6-11-26-44(38)51(45)46-27-13-21-39(49-46)32-15-12-16-33(30-32)50-41-23-8-3-17-34(41)35-18-4-9-24-42(35)50/h2-31,40H,1H3. The van der Waals surface area contributed by atoms with Gasteiger partial charge in [-0.1, -0.05) is 128 Å². The minimum atomic E-state index is 0.211. The molecule has 0 fully saturated rings. The topological polar surface area (TPSA) is 27.7 Å². The van der Waals surface area contributed by atoms with E-state index in [9.17, 15) is 0 Å². The van der Waals surface area contributed by atoms with Crippen molar-refractivity contribution in [2.24, 2.45) is 5.92 Å². The summed E-state index contributed by atoms with van der Waals surface area (Å²) in [5, 5.41) is 7.58. The second kappa shape index (κ2) is 11.2. The molecule has 0 spiro atoms. The van der Waals surface area contributed by atoms with Gasteiger partial charge in [0.15, 0.2) is 0 Å². The van der Waals surface area contributed by atoms with Gasteiger partial charge < -0.3 is 9.13 Å². The van der Waals surface area contributed by atoms with Crippen LogP contribution in [-0.2, 0) is 0 Å². The molecule has 52 heavy (non-hydrogen) atoms. The van der Waals surface area contributed by atoms with E-state index >= 15 is 0 Å². The van der Waals surface area contributed by atoms with E-state index < -0.39 is 0 Å². The Bertz CT molecular complexity index is 3060. The third kappa shape index (κ3) is 4.12. The second-order valence-corrected chi connectivity index (χ2v) is 14.0. The number of nitrogens with zero attached hydrogens (tertiary/aromatic N) is 4. The fourth-order valence-electron chi connectivity index (χ4n) is 8.84. The van der Waals surface area contributed by atoms with Gasteiger partial charge in [0.05, 0.1) is 39.3 Å². The van der Waals surface area contributed by atoms with Crippen LogP contribution in [0, 0.1) is 5.92 Å². The Balaban J connectivity index is 1.13. The van der Waals surface area contributed by atoms with Crippen molar-refractivity contribution in [3.8, 4) is 22.8 Å². The molecule has 1 aliphatic rings. The van der Waals surface area contributed by atoms with Crippen molar-refractivity contribution in [1.82, 2.24) is 18.7 Å². The van der Waals surface area contributed by atoms with Crippen molar-refractivity contribution in [1.29, 1.82) is 0 Å². The molecule has 0 bridgehead atoms. The maximum atomic E-state index is 5.41. The zero-order valence-corrected chi connectivity index (χ0v) is 28.7. The third-order valence-corrected chi connectivity index (χ3v) is 11.1. The van der Waals surface area contributed by atoms with Crippen molar-refractivity contribution < 1.29 is 0 Å². The maximum absolute atomic E-state index is 5.41. The molecule has 0 radical (unpaired) electrons. The van der Waals surface area contributed by atoms with Crippen molar-refractivity contribution in [3.63, 3.8) is 0 Å². The van der Waals surface area contributed by atoms with Crippen molar-refractivity contribution in [2.75, 3.05) is 0 Å². The lowest BCUT2D eigenvalue weighted by Crippen LogP contribution is -2.15. The van der Waals surface area contributed by atoms with Crippen molar-refractivity contribution in [2.45, 2.75) is 13.0 Å². The Morgan fingerprint density at radius 1 is 0.481 bits per heavy atom. The van der Waals surface area contributed by atoms with E-state index in [1.54, 1.807) is 0 Å². The van der Waals surface area contributed by atoms with E-state index in [0.29, 0.717) is 5.92 Å². The van der Waals surface area contributed by atoms with E-state index in [1.165, 1.54) is 54.4 Å². The molecule has 2 atom stereocenters. The molecule has 4 aromatic heterocycles. The average Bonchev–Trinajstić information content (AvgIpc) is 3.84. The van der Waals surface area contributed by atoms with Crippen LogP contribution in [0.5, 0.6) is 0 Å². The minimum absolute atomic E-state index is 0.211. The van der Waals surface area contributed by atoms with Crippen LogP contribution < -0.4 is 0 Å². The molecule has 0 saturated heterocycles. The molecule has 246 valence electrons. The Hall–Kier alpha value is -6.65. The van der Waals surface area contributed by atoms with Gasteiger partial charge >= 0.3 is 0 Å². The molecule has 4 heterocycles. The van der Waals surface area contributed by atoms with E-state index in [1.807, 2.05) is 0 Å². The van der Waals surface area contributed by atoms with Crippen LogP contribution in [-0.4, -0.2) is 18.7 Å². The molecule has 1 aliphatic carbocycles. The average molecular weight is 667 g/mol. The fourth-order valence-corrected chi connectivity index (χ4v) is 8.84. The molecule has 0 N–H and O–H groups in total. The highest BCUT2D eigenvalue weighted by Crippen LogP contribution is 2.43. The smallest absolute Gasteiger partial charge is 0.138 e. The van der Waals surface area contributed by atoms with Crippen LogP contribution in [0.15, 0.2) is 176 Å². The highest BCUT2D eigenvalue weighted by molar-refractivity contribution is 6.25. The number of hydrogen-bond donors (Lipinski definition) is 0. The molecule has 11 rings (SSSR count). The molecule has 0 amide bonds. The normalized spacial score (nSPS) is 16.0. The number of benzene rings is 6.